The Hall–Kier alpha value is -2.85. The van der Waals surface area contributed by atoms with Crippen LogP contribution in [0.25, 0.3) is 28.1 Å². The molecule has 0 fully saturated rings. The molecular formula is C18H15ClN4. The molecule has 1 heterocycles. The zero-order valence-electron chi connectivity index (χ0n) is 12.2. The van der Waals surface area contributed by atoms with E-state index in [1.807, 2.05) is 60.7 Å². The van der Waals surface area contributed by atoms with E-state index in [2.05, 4.69) is 9.55 Å². The molecular weight excluding hydrogens is 308 g/mol. The number of fused-ring (bicyclic) bond motifs is 2. The minimum absolute atomic E-state index is 0. The van der Waals surface area contributed by atoms with Crippen molar-refractivity contribution in [1.29, 1.82) is 5.41 Å². The largest absolute Gasteiger partial charge is 0.399 e. The van der Waals surface area contributed by atoms with Gasteiger partial charge < -0.3 is 15.7 Å². The average Bonchev–Trinajstić information content (AvgIpc) is 2.54. The molecule has 0 amide bonds. The number of nitrogens with two attached hydrogens (primary N) is 1. The van der Waals surface area contributed by atoms with Gasteiger partial charge in [0.05, 0.1) is 27.8 Å². The van der Waals surface area contributed by atoms with Crippen molar-refractivity contribution in [3.05, 3.63) is 72.1 Å². The summed E-state index contributed by atoms with van der Waals surface area (Å²) in [6, 6.07) is 21.2. The SMILES string of the molecule is Cl.N=c1ccc2nc3ccc(N)cc3n(-c3ccccc3)c-2c1. The molecule has 23 heavy (non-hydrogen) atoms. The van der Waals surface area contributed by atoms with Crippen LogP contribution in [-0.4, -0.2) is 9.55 Å². The van der Waals surface area contributed by atoms with E-state index < -0.39 is 0 Å². The first-order chi connectivity index (χ1) is 10.7. The third kappa shape index (κ3) is 2.53. The molecule has 2 aromatic rings. The third-order valence-electron chi connectivity index (χ3n) is 3.71. The Balaban J connectivity index is 0.00000156. The van der Waals surface area contributed by atoms with Gasteiger partial charge in [0, 0.05) is 11.4 Å². The maximum atomic E-state index is 7.92. The number of hydrogen-bond acceptors (Lipinski definition) is 3. The van der Waals surface area contributed by atoms with Crippen molar-refractivity contribution < 1.29 is 0 Å². The van der Waals surface area contributed by atoms with Gasteiger partial charge in [-0.05, 0) is 48.5 Å². The van der Waals surface area contributed by atoms with Crippen LogP contribution in [0.4, 0.5) is 5.69 Å². The maximum absolute atomic E-state index is 7.92. The van der Waals surface area contributed by atoms with E-state index in [-0.39, 0.29) is 12.4 Å². The van der Waals surface area contributed by atoms with Crippen LogP contribution in [0.1, 0.15) is 0 Å². The van der Waals surface area contributed by atoms with Crippen LogP contribution in [0, 0.1) is 5.41 Å². The molecule has 0 spiro atoms. The monoisotopic (exact) mass is 322 g/mol. The standard InChI is InChI=1S/C18H14N4.ClH/c19-12-6-8-15-17(10-12)22(14-4-2-1-3-5-14)18-11-13(20)7-9-16(18)21-15;/h1-11,19H,20H2;1H. The molecule has 0 bridgehead atoms. The maximum Gasteiger partial charge on any atom is 0.0879 e. The minimum Gasteiger partial charge on any atom is -0.399 e. The van der Waals surface area contributed by atoms with Gasteiger partial charge in [0.25, 0.3) is 0 Å². The Morgan fingerprint density at radius 2 is 1.70 bits per heavy atom. The van der Waals surface area contributed by atoms with Crippen molar-refractivity contribution in [3.8, 4) is 17.1 Å². The van der Waals surface area contributed by atoms with Gasteiger partial charge in [0.1, 0.15) is 0 Å². The molecule has 0 radical (unpaired) electrons. The molecule has 0 saturated heterocycles. The molecule has 4 rings (SSSR count). The number of hydrogen-bond donors (Lipinski definition) is 2. The highest BCUT2D eigenvalue weighted by atomic mass is 35.5. The number of nitrogens with one attached hydrogen (secondary N) is 1. The van der Waals surface area contributed by atoms with Crippen LogP contribution in [0.2, 0.25) is 0 Å². The topological polar surface area (TPSA) is 67.7 Å². The molecule has 0 saturated carbocycles. The number of nitrogen functional groups attached to an aromatic ring is 1. The zero-order valence-corrected chi connectivity index (χ0v) is 13.0. The van der Waals surface area contributed by atoms with E-state index in [9.17, 15) is 0 Å². The fourth-order valence-electron chi connectivity index (χ4n) is 2.73. The predicted molar refractivity (Wildman–Crippen MR) is 95.2 cm³/mol. The highest BCUT2D eigenvalue weighted by Gasteiger charge is 2.13. The molecule has 2 aliphatic rings. The summed E-state index contributed by atoms with van der Waals surface area (Å²) in [4.78, 5) is 4.69. The smallest absolute Gasteiger partial charge is 0.0879 e. The van der Waals surface area contributed by atoms with Gasteiger partial charge in [-0.1, -0.05) is 18.2 Å². The van der Waals surface area contributed by atoms with Crippen LogP contribution in [-0.2, 0) is 0 Å². The number of benzene rings is 3. The van der Waals surface area contributed by atoms with Crippen LogP contribution in [0.5, 0.6) is 0 Å². The number of halogens is 1. The molecule has 5 heteroatoms. The number of aromatic nitrogens is 2. The van der Waals surface area contributed by atoms with Crippen molar-refractivity contribution in [2.75, 3.05) is 5.73 Å². The minimum atomic E-state index is 0. The van der Waals surface area contributed by atoms with Gasteiger partial charge in [-0.3, -0.25) is 0 Å². The summed E-state index contributed by atoms with van der Waals surface area (Å²) in [6.07, 6.45) is 0. The van der Waals surface area contributed by atoms with Crippen LogP contribution in [0.15, 0.2) is 66.7 Å². The first-order valence-corrected chi connectivity index (χ1v) is 7.04. The molecule has 4 nitrogen and oxygen atoms in total. The van der Waals surface area contributed by atoms with E-state index in [4.69, 9.17) is 11.1 Å². The van der Waals surface area contributed by atoms with E-state index in [0.717, 1.165) is 28.1 Å². The van der Waals surface area contributed by atoms with Gasteiger partial charge in [-0.2, -0.15) is 0 Å². The highest BCUT2D eigenvalue weighted by Crippen LogP contribution is 2.28. The van der Waals surface area contributed by atoms with E-state index in [1.165, 1.54) is 0 Å². The Bertz CT molecular complexity index is 1010. The fraction of sp³-hybridized carbons (Fsp3) is 0. The van der Waals surface area contributed by atoms with E-state index in [0.29, 0.717) is 11.0 Å². The molecule has 1 aliphatic carbocycles. The second-order valence-corrected chi connectivity index (χ2v) is 5.23. The summed E-state index contributed by atoms with van der Waals surface area (Å²) in [5.74, 6) is 0. The summed E-state index contributed by atoms with van der Waals surface area (Å²) >= 11 is 0. The molecule has 0 atom stereocenters. The van der Waals surface area contributed by atoms with Gasteiger partial charge in [-0.15, -0.1) is 12.4 Å². The van der Waals surface area contributed by atoms with Crippen LogP contribution < -0.4 is 11.1 Å². The van der Waals surface area contributed by atoms with Crippen LogP contribution in [0.3, 0.4) is 0 Å². The molecule has 0 unspecified atom stereocenters. The predicted octanol–water partition coefficient (Wildman–Crippen LogP) is 3.61. The van der Waals surface area contributed by atoms with Gasteiger partial charge in [0.15, 0.2) is 0 Å². The summed E-state index contributed by atoms with van der Waals surface area (Å²) in [6.45, 7) is 0. The van der Waals surface area contributed by atoms with Crippen molar-refractivity contribution in [1.82, 2.24) is 9.55 Å². The molecule has 2 aromatic carbocycles. The number of anilines is 1. The Kier molecular flexibility index (Phi) is 3.76. The van der Waals surface area contributed by atoms with Crippen molar-refractivity contribution in [3.63, 3.8) is 0 Å². The number of nitrogens with zero attached hydrogens (tertiary/aromatic N) is 2. The Morgan fingerprint density at radius 1 is 0.913 bits per heavy atom. The Labute approximate surface area is 139 Å². The second kappa shape index (κ2) is 5.74. The van der Waals surface area contributed by atoms with Crippen molar-refractivity contribution >= 4 is 29.1 Å². The summed E-state index contributed by atoms with van der Waals surface area (Å²) in [5, 5.41) is 8.38. The first kappa shape index (κ1) is 15.1. The molecule has 1 aliphatic heterocycles. The number of para-hydroxylation sites is 1. The normalized spacial score (nSPS) is 10.6. The lowest BCUT2D eigenvalue weighted by Gasteiger charge is -2.18. The lowest BCUT2D eigenvalue weighted by Crippen LogP contribution is -2.10. The molecule has 0 aromatic heterocycles. The van der Waals surface area contributed by atoms with E-state index in [1.54, 1.807) is 6.07 Å². The van der Waals surface area contributed by atoms with E-state index >= 15 is 0 Å². The highest BCUT2D eigenvalue weighted by molar-refractivity contribution is 5.85. The second-order valence-electron chi connectivity index (χ2n) is 5.23. The summed E-state index contributed by atoms with van der Waals surface area (Å²) < 4.78 is 2.10. The first-order valence-electron chi connectivity index (χ1n) is 7.04. The summed E-state index contributed by atoms with van der Waals surface area (Å²) in [5.41, 5.74) is 11.3. The average molecular weight is 323 g/mol. The summed E-state index contributed by atoms with van der Waals surface area (Å²) in [7, 11) is 0. The molecule has 114 valence electrons. The Morgan fingerprint density at radius 3 is 2.48 bits per heavy atom. The van der Waals surface area contributed by atoms with Crippen molar-refractivity contribution in [2.45, 2.75) is 0 Å². The van der Waals surface area contributed by atoms with Crippen LogP contribution >= 0.6 is 12.4 Å². The zero-order chi connectivity index (χ0) is 15.1. The van der Waals surface area contributed by atoms with Gasteiger partial charge in [-0.25, -0.2) is 4.98 Å². The quantitative estimate of drug-likeness (QED) is 0.415. The number of rotatable bonds is 1. The fourth-order valence-corrected chi connectivity index (χ4v) is 2.73. The lowest BCUT2D eigenvalue weighted by atomic mass is 10.1. The van der Waals surface area contributed by atoms with Gasteiger partial charge in [0.2, 0.25) is 0 Å². The lowest BCUT2D eigenvalue weighted by molar-refractivity contribution is 1.07. The molecule has 3 N–H and O–H groups in total. The van der Waals surface area contributed by atoms with Crippen molar-refractivity contribution in [2.24, 2.45) is 0 Å². The van der Waals surface area contributed by atoms with Gasteiger partial charge >= 0.3 is 0 Å². The third-order valence-corrected chi connectivity index (χ3v) is 3.71.